The number of sulfonamides is 1. The van der Waals surface area contributed by atoms with Crippen molar-refractivity contribution in [3.63, 3.8) is 0 Å². The van der Waals surface area contributed by atoms with Gasteiger partial charge >= 0.3 is 5.97 Å². The predicted molar refractivity (Wildman–Crippen MR) is 150 cm³/mol. The van der Waals surface area contributed by atoms with E-state index in [4.69, 9.17) is 11.1 Å². The number of aryl methyl sites for hydroxylation is 2. The maximum atomic E-state index is 13.7. The van der Waals surface area contributed by atoms with E-state index >= 15 is 0 Å². The number of carboxylic acid groups (broad SMARTS) is 1. The number of hydrogen-bond donors (Lipinski definition) is 4. The van der Waals surface area contributed by atoms with Crippen LogP contribution in [-0.4, -0.2) is 89.0 Å². The van der Waals surface area contributed by atoms with Crippen LogP contribution in [0.15, 0.2) is 24.3 Å². The lowest BCUT2D eigenvalue weighted by Gasteiger charge is -2.32. The standard InChI is InChI=1S/C27H38N6O6S/c1-3-31-20(14-17-8-9-18(25(28)29)15-23(17)31)11-10-19-6-4-12-32(19)26(35)22-7-5-13-33(22)24(34)16-21(27(36)37)30-40(2,38)39/h8-9,14-15,19,21-22,30H,3-7,10-13,16H2,1-2H3,(H3,28,29)(H,36,37). The summed E-state index contributed by atoms with van der Waals surface area (Å²) in [5.41, 5.74) is 8.54. The number of hydrogen-bond acceptors (Lipinski definition) is 6. The second-order valence-electron chi connectivity index (χ2n) is 10.7. The van der Waals surface area contributed by atoms with Gasteiger partial charge in [-0.05, 0) is 63.0 Å². The molecule has 2 aromatic rings. The summed E-state index contributed by atoms with van der Waals surface area (Å²) >= 11 is 0. The summed E-state index contributed by atoms with van der Waals surface area (Å²) in [5.74, 6) is -2.09. The summed E-state index contributed by atoms with van der Waals surface area (Å²) in [7, 11) is -3.83. The third-order valence-corrected chi connectivity index (χ3v) is 8.62. The molecule has 2 aliphatic heterocycles. The van der Waals surface area contributed by atoms with E-state index in [0.29, 0.717) is 31.5 Å². The Balaban J connectivity index is 1.44. The van der Waals surface area contributed by atoms with Crippen molar-refractivity contribution in [2.24, 2.45) is 5.73 Å². The van der Waals surface area contributed by atoms with Crippen LogP contribution < -0.4 is 10.5 Å². The zero-order valence-electron chi connectivity index (χ0n) is 22.9. The summed E-state index contributed by atoms with van der Waals surface area (Å²) in [6.07, 6.45) is 4.67. The first-order valence-corrected chi connectivity index (χ1v) is 15.5. The van der Waals surface area contributed by atoms with Crippen LogP contribution in [0.25, 0.3) is 10.9 Å². The smallest absolute Gasteiger partial charge is 0.322 e. The number of carboxylic acids is 1. The van der Waals surface area contributed by atoms with Gasteiger partial charge in [0.05, 0.1) is 12.7 Å². The van der Waals surface area contributed by atoms with Gasteiger partial charge in [0.25, 0.3) is 0 Å². The Morgan fingerprint density at radius 1 is 1.15 bits per heavy atom. The highest BCUT2D eigenvalue weighted by atomic mass is 32.2. The minimum absolute atomic E-state index is 0.0250. The van der Waals surface area contributed by atoms with Gasteiger partial charge in [0.1, 0.15) is 17.9 Å². The molecule has 40 heavy (non-hydrogen) atoms. The van der Waals surface area contributed by atoms with Gasteiger partial charge in [-0.3, -0.25) is 19.8 Å². The van der Waals surface area contributed by atoms with Gasteiger partial charge in [-0.25, -0.2) is 13.1 Å². The van der Waals surface area contributed by atoms with E-state index in [1.165, 1.54) is 4.90 Å². The Labute approximate surface area is 234 Å². The molecule has 3 unspecified atom stereocenters. The summed E-state index contributed by atoms with van der Waals surface area (Å²) in [5, 5.41) is 18.2. The van der Waals surface area contributed by atoms with Gasteiger partial charge in [0, 0.05) is 42.5 Å². The molecule has 218 valence electrons. The molecule has 2 aliphatic rings. The van der Waals surface area contributed by atoms with Gasteiger partial charge in [-0.1, -0.05) is 12.1 Å². The van der Waals surface area contributed by atoms with E-state index in [1.807, 2.05) is 27.8 Å². The summed E-state index contributed by atoms with van der Waals surface area (Å²) in [6.45, 7) is 3.77. The van der Waals surface area contributed by atoms with Gasteiger partial charge in [-0.15, -0.1) is 0 Å². The number of fused-ring (bicyclic) bond motifs is 1. The number of aromatic nitrogens is 1. The van der Waals surface area contributed by atoms with E-state index in [-0.39, 0.29) is 17.8 Å². The van der Waals surface area contributed by atoms with Crippen molar-refractivity contribution in [3.8, 4) is 0 Å². The van der Waals surface area contributed by atoms with Crippen LogP contribution in [0, 0.1) is 5.41 Å². The average molecular weight is 575 g/mol. The van der Waals surface area contributed by atoms with Crippen LogP contribution in [0.4, 0.5) is 0 Å². The maximum Gasteiger partial charge on any atom is 0.322 e. The third-order valence-electron chi connectivity index (χ3n) is 7.90. The van der Waals surface area contributed by atoms with Gasteiger partial charge in [0.15, 0.2) is 0 Å². The molecule has 3 atom stereocenters. The lowest BCUT2D eigenvalue weighted by molar-refractivity contribution is -0.146. The van der Waals surface area contributed by atoms with E-state index < -0.39 is 40.4 Å². The van der Waals surface area contributed by atoms with Gasteiger partial charge in [-0.2, -0.15) is 0 Å². The lowest BCUT2D eigenvalue weighted by Crippen LogP contribution is -2.51. The monoisotopic (exact) mass is 574 g/mol. The molecular formula is C27H38N6O6S. The number of nitrogens with zero attached hydrogens (tertiary/aromatic N) is 3. The van der Waals surface area contributed by atoms with Crippen LogP contribution in [0.2, 0.25) is 0 Å². The largest absolute Gasteiger partial charge is 0.480 e. The van der Waals surface area contributed by atoms with Gasteiger partial charge in [0.2, 0.25) is 21.8 Å². The summed E-state index contributed by atoms with van der Waals surface area (Å²) in [4.78, 5) is 41.5. The average Bonchev–Trinajstić information content (AvgIpc) is 3.63. The summed E-state index contributed by atoms with van der Waals surface area (Å²) < 4.78 is 27.3. The van der Waals surface area contributed by atoms with Crippen LogP contribution in [0.1, 0.15) is 56.7 Å². The molecule has 0 radical (unpaired) electrons. The van der Waals surface area contributed by atoms with Gasteiger partial charge < -0.3 is 25.2 Å². The Hall–Kier alpha value is -3.45. The number of amidine groups is 1. The van der Waals surface area contributed by atoms with Crippen molar-refractivity contribution >= 4 is 44.5 Å². The van der Waals surface area contributed by atoms with E-state index in [0.717, 1.165) is 55.1 Å². The molecule has 2 fully saturated rings. The quantitative estimate of drug-likeness (QED) is 0.230. The summed E-state index contributed by atoms with van der Waals surface area (Å²) in [6, 6.07) is 5.66. The van der Waals surface area contributed by atoms with Crippen molar-refractivity contribution < 1.29 is 27.9 Å². The molecule has 4 rings (SSSR count). The third kappa shape index (κ3) is 6.47. The van der Waals surface area contributed by atoms with Crippen molar-refractivity contribution in [2.75, 3.05) is 19.3 Å². The van der Waals surface area contributed by atoms with Crippen molar-refractivity contribution in [1.29, 1.82) is 5.41 Å². The molecule has 1 aromatic carbocycles. The number of carbonyl (C=O) groups is 3. The Kier molecular flexibility index (Phi) is 8.83. The number of nitrogen functional groups attached to an aromatic ring is 1. The molecule has 0 aliphatic carbocycles. The van der Waals surface area contributed by atoms with Crippen molar-refractivity contribution in [1.82, 2.24) is 19.1 Å². The molecule has 5 N–H and O–H groups in total. The topological polar surface area (TPSA) is 179 Å². The molecule has 0 saturated carbocycles. The van der Waals surface area contributed by atoms with Crippen LogP contribution in [-0.2, 0) is 37.4 Å². The molecule has 3 heterocycles. The molecule has 0 bridgehead atoms. The fraction of sp³-hybridized carbons (Fsp3) is 0.556. The zero-order chi connectivity index (χ0) is 29.2. The first kappa shape index (κ1) is 29.5. The number of nitrogens with two attached hydrogens (primary N) is 1. The number of likely N-dealkylation sites (tertiary alicyclic amines) is 2. The highest BCUT2D eigenvalue weighted by Gasteiger charge is 2.41. The number of amides is 2. The van der Waals surface area contributed by atoms with Crippen molar-refractivity contribution in [2.45, 2.75) is 76.5 Å². The zero-order valence-corrected chi connectivity index (χ0v) is 23.7. The van der Waals surface area contributed by atoms with E-state index in [9.17, 15) is 27.9 Å². The molecule has 13 heteroatoms. The molecular weight excluding hydrogens is 536 g/mol. The Morgan fingerprint density at radius 3 is 2.50 bits per heavy atom. The number of aliphatic carboxylic acids is 1. The number of carbonyl (C=O) groups excluding carboxylic acids is 2. The van der Waals surface area contributed by atoms with Crippen LogP contribution in [0.3, 0.4) is 0 Å². The molecule has 12 nitrogen and oxygen atoms in total. The maximum absolute atomic E-state index is 13.7. The fourth-order valence-corrected chi connectivity index (χ4v) is 6.74. The number of benzene rings is 1. The van der Waals surface area contributed by atoms with Crippen LogP contribution >= 0.6 is 0 Å². The minimum Gasteiger partial charge on any atom is -0.480 e. The SMILES string of the molecule is CCn1c(CCC2CCCN2C(=O)C2CCCN2C(=O)CC(NS(C)(=O)=O)C(=O)O)cc2ccc(C(=N)N)cc21. The first-order valence-electron chi connectivity index (χ1n) is 13.7. The van der Waals surface area contributed by atoms with Crippen LogP contribution in [0.5, 0.6) is 0 Å². The highest BCUT2D eigenvalue weighted by molar-refractivity contribution is 7.88. The second kappa shape index (κ2) is 12.0. The fourth-order valence-electron chi connectivity index (χ4n) is 6.04. The Morgan fingerprint density at radius 2 is 1.85 bits per heavy atom. The predicted octanol–water partition coefficient (Wildman–Crippen LogP) is 1.25. The normalized spacial score (nSPS) is 20.2. The highest BCUT2D eigenvalue weighted by Crippen LogP contribution is 2.29. The first-order chi connectivity index (χ1) is 18.9. The number of rotatable bonds is 11. The second-order valence-corrected chi connectivity index (χ2v) is 12.4. The number of nitrogens with one attached hydrogen (secondary N) is 2. The Bertz CT molecular complexity index is 1420. The molecule has 2 amide bonds. The minimum atomic E-state index is -3.83. The van der Waals surface area contributed by atoms with E-state index in [2.05, 4.69) is 17.6 Å². The molecule has 0 spiro atoms. The van der Waals surface area contributed by atoms with E-state index in [1.54, 1.807) is 0 Å². The molecule has 1 aromatic heterocycles. The van der Waals surface area contributed by atoms with Crippen molar-refractivity contribution in [3.05, 3.63) is 35.5 Å². The molecule has 2 saturated heterocycles. The lowest BCUT2D eigenvalue weighted by atomic mass is 10.1.